The number of methoxy groups -OCH3 is 1. The lowest BCUT2D eigenvalue weighted by molar-refractivity contribution is -0.123. The third-order valence-corrected chi connectivity index (χ3v) is 7.02. The van der Waals surface area contributed by atoms with Crippen molar-refractivity contribution in [2.45, 2.75) is 92.8 Å². The van der Waals surface area contributed by atoms with Gasteiger partial charge in [-0.25, -0.2) is 9.52 Å². The van der Waals surface area contributed by atoms with Gasteiger partial charge in [0.1, 0.15) is 11.8 Å². The molecule has 37 heavy (non-hydrogen) atoms. The van der Waals surface area contributed by atoms with Crippen LogP contribution < -0.4 is 19.7 Å². The van der Waals surface area contributed by atoms with Crippen LogP contribution in [-0.4, -0.2) is 52.4 Å². The highest BCUT2D eigenvalue weighted by atomic mass is 32.2. The van der Waals surface area contributed by atoms with Crippen molar-refractivity contribution < 1.29 is 27.5 Å². The van der Waals surface area contributed by atoms with E-state index in [0.717, 1.165) is 28.8 Å². The zero-order valence-electron chi connectivity index (χ0n) is 23.9. The van der Waals surface area contributed by atoms with Gasteiger partial charge >= 0.3 is 16.3 Å². The lowest BCUT2D eigenvalue weighted by Crippen LogP contribution is -2.53. The van der Waals surface area contributed by atoms with Gasteiger partial charge in [-0.1, -0.05) is 33.8 Å². The number of nitrogens with zero attached hydrogens (tertiary/aromatic N) is 1. The lowest BCUT2D eigenvalue weighted by Gasteiger charge is -2.32. The number of aryl methyl sites for hydroxylation is 2. The normalized spacial score (nSPS) is 17.9. The van der Waals surface area contributed by atoms with Crippen molar-refractivity contribution in [3.8, 4) is 0 Å². The number of carbonyl (C=O) groups is 2. The molecule has 0 aromatic heterocycles. The molecule has 1 aromatic carbocycles. The lowest BCUT2D eigenvalue weighted by atomic mass is 9.90. The van der Waals surface area contributed by atoms with Crippen molar-refractivity contribution in [3.63, 3.8) is 0 Å². The zero-order valence-corrected chi connectivity index (χ0v) is 24.7. The molecule has 1 aliphatic rings. The number of anilines is 2. The van der Waals surface area contributed by atoms with Gasteiger partial charge in [-0.3, -0.25) is 4.79 Å². The monoisotopic (exact) mass is 540 g/mol. The van der Waals surface area contributed by atoms with E-state index in [-0.39, 0.29) is 11.8 Å². The predicted octanol–water partition coefficient (Wildman–Crippen LogP) is 4.32. The fraction of sp³-hybridized carbons (Fsp3) is 0.692. The minimum Gasteiger partial charge on any atom is -0.443 e. The summed E-state index contributed by atoms with van der Waals surface area (Å²) in [7, 11) is -2.69. The molecule has 3 N–H and O–H groups in total. The molecular weight excluding hydrogens is 496 g/mol. The number of amides is 2. The van der Waals surface area contributed by atoms with Crippen LogP contribution in [-0.2, 0) is 24.5 Å². The van der Waals surface area contributed by atoms with Crippen LogP contribution >= 0.6 is 0 Å². The van der Waals surface area contributed by atoms with Crippen molar-refractivity contribution in [1.29, 1.82) is 0 Å². The van der Waals surface area contributed by atoms with Gasteiger partial charge < -0.3 is 19.7 Å². The second kappa shape index (κ2) is 11.6. The first kappa shape index (κ1) is 30.9. The van der Waals surface area contributed by atoms with Crippen LogP contribution in [0.25, 0.3) is 0 Å². The molecule has 11 heteroatoms. The van der Waals surface area contributed by atoms with E-state index in [2.05, 4.69) is 10.0 Å². The number of fused-ring (bicyclic) bond motifs is 1. The average Bonchev–Trinajstić information content (AvgIpc) is 2.99. The first-order chi connectivity index (χ1) is 16.9. The topological polar surface area (TPSA) is 126 Å². The number of hydrogen-bond donors (Lipinski definition) is 3. The molecule has 2 unspecified atom stereocenters. The molecule has 10 nitrogen and oxygen atoms in total. The van der Waals surface area contributed by atoms with Crippen molar-refractivity contribution in [1.82, 2.24) is 9.44 Å². The highest BCUT2D eigenvalue weighted by Gasteiger charge is 2.43. The Bertz CT molecular complexity index is 1110. The summed E-state index contributed by atoms with van der Waals surface area (Å²) in [6, 6.07) is 2.01. The molecule has 2 amide bonds. The average molecular weight is 541 g/mol. The molecular formula is C26H44N4O6S. The first-order valence-electron chi connectivity index (χ1n) is 12.7. The van der Waals surface area contributed by atoms with Gasteiger partial charge in [0.25, 0.3) is 0 Å². The minimum absolute atomic E-state index is 0.137. The highest BCUT2D eigenvalue weighted by Crippen LogP contribution is 2.49. The molecule has 2 rings (SSSR count). The van der Waals surface area contributed by atoms with E-state index in [1.807, 2.05) is 57.2 Å². The first-order valence-corrected chi connectivity index (χ1v) is 14.1. The van der Waals surface area contributed by atoms with E-state index in [1.54, 1.807) is 27.9 Å². The molecule has 2 atom stereocenters. The maximum atomic E-state index is 13.1. The number of nitrogens with one attached hydrogen (secondary N) is 3. The molecule has 0 bridgehead atoms. The summed E-state index contributed by atoms with van der Waals surface area (Å²) in [6.07, 6.45) is -0.514. The Hall–Kier alpha value is -2.37. The van der Waals surface area contributed by atoms with Gasteiger partial charge in [0.2, 0.25) is 5.91 Å². The fourth-order valence-corrected chi connectivity index (χ4v) is 5.43. The molecule has 0 fully saturated rings. The van der Waals surface area contributed by atoms with Crippen molar-refractivity contribution in [2.24, 2.45) is 5.41 Å². The van der Waals surface area contributed by atoms with Gasteiger partial charge in [-0.15, -0.1) is 0 Å². The summed E-state index contributed by atoms with van der Waals surface area (Å²) in [5, 5.41) is 3.11. The second-order valence-corrected chi connectivity index (χ2v) is 13.0. The van der Waals surface area contributed by atoms with Crippen LogP contribution in [0, 0.1) is 19.3 Å². The molecule has 1 aliphatic heterocycles. The molecule has 1 aromatic rings. The van der Waals surface area contributed by atoms with E-state index in [1.165, 1.54) is 0 Å². The zero-order chi connectivity index (χ0) is 28.3. The largest absolute Gasteiger partial charge is 0.443 e. The quantitative estimate of drug-likeness (QED) is 0.426. The molecule has 0 radical (unpaired) electrons. The SMILES string of the molecule is CCCN1c2c(NC(=O)C(C)(C)C)c(C)cc(C)c2C(CCOC)C1NS(=O)(=O)NC(=O)OC(C)(C)C. The van der Waals surface area contributed by atoms with Crippen molar-refractivity contribution >= 4 is 33.6 Å². The third-order valence-electron chi connectivity index (χ3n) is 6.03. The third kappa shape index (κ3) is 7.81. The summed E-state index contributed by atoms with van der Waals surface area (Å²) < 4.78 is 41.4. The molecule has 0 saturated heterocycles. The van der Waals surface area contributed by atoms with Crippen LogP contribution in [0.4, 0.5) is 16.2 Å². The molecule has 210 valence electrons. The van der Waals surface area contributed by atoms with Crippen LogP contribution in [0.2, 0.25) is 0 Å². The number of benzene rings is 1. The second-order valence-electron chi connectivity index (χ2n) is 11.6. The number of ether oxygens (including phenoxy) is 2. The Kier molecular flexibility index (Phi) is 9.65. The van der Waals surface area contributed by atoms with E-state index in [4.69, 9.17) is 9.47 Å². The van der Waals surface area contributed by atoms with Gasteiger partial charge in [0.15, 0.2) is 0 Å². The van der Waals surface area contributed by atoms with Gasteiger partial charge in [-0.2, -0.15) is 13.1 Å². The molecule has 0 saturated carbocycles. The maximum absolute atomic E-state index is 13.1. The van der Waals surface area contributed by atoms with Crippen LogP contribution in [0.5, 0.6) is 0 Å². The van der Waals surface area contributed by atoms with E-state index in [0.29, 0.717) is 25.3 Å². The van der Waals surface area contributed by atoms with Crippen LogP contribution in [0.15, 0.2) is 6.07 Å². The minimum atomic E-state index is -4.29. The van der Waals surface area contributed by atoms with Crippen LogP contribution in [0.1, 0.15) is 83.9 Å². The number of carbonyl (C=O) groups excluding carboxylic acids is 2. The Balaban J connectivity index is 2.60. The van der Waals surface area contributed by atoms with E-state index in [9.17, 15) is 18.0 Å². The van der Waals surface area contributed by atoms with Gasteiger partial charge in [0.05, 0.1) is 11.4 Å². The summed E-state index contributed by atoms with van der Waals surface area (Å²) in [5.41, 5.74) is 2.81. The predicted molar refractivity (Wildman–Crippen MR) is 146 cm³/mol. The van der Waals surface area contributed by atoms with E-state index < -0.39 is 33.5 Å². The fourth-order valence-electron chi connectivity index (χ4n) is 4.50. The Morgan fingerprint density at radius 1 is 1.08 bits per heavy atom. The van der Waals surface area contributed by atoms with Crippen molar-refractivity contribution in [2.75, 3.05) is 30.5 Å². The smallest absolute Gasteiger partial charge is 0.422 e. The van der Waals surface area contributed by atoms with Gasteiger partial charge in [-0.05, 0) is 64.2 Å². The maximum Gasteiger partial charge on any atom is 0.422 e. The Morgan fingerprint density at radius 2 is 1.70 bits per heavy atom. The standard InChI is InChI=1S/C26H44N4O6S/c1-11-13-30-21-19(16(2)15-17(3)20(21)27-23(31)25(4,5)6)18(12-14-35-10)22(30)28-37(33,34)29-24(32)36-26(7,8)9/h15,18,22,28H,11-14H2,1-10H3,(H,27,31)(H,29,32). The summed E-state index contributed by atoms with van der Waals surface area (Å²) in [6.45, 7) is 17.3. The van der Waals surface area contributed by atoms with Crippen LogP contribution in [0.3, 0.4) is 0 Å². The summed E-state index contributed by atoms with van der Waals surface area (Å²) >= 11 is 0. The summed E-state index contributed by atoms with van der Waals surface area (Å²) in [4.78, 5) is 27.2. The Labute approximate surface area is 222 Å². The molecule has 0 spiro atoms. The van der Waals surface area contributed by atoms with E-state index >= 15 is 0 Å². The molecule has 0 aliphatic carbocycles. The highest BCUT2D eigenvalue weighted by molar-refractivity contribution is 7.88. The summed E-state index contributed by atoms with van der Waals surface area (Å²) in [5.74, 6) is -0.426. The Morgan fingerprint density at radius 3 is 2.22 bits per heavy atom. The van der Waals surface area contributed by atoms with Crippen molar-refractivity contribution in [3.05, 3.63) is 22.8 Å². The number of hydrogen-bond acceptors (Lipinski definition) is 7. The van der Waals surface area contributed by atoms with Gasteiger partial charge in [0, 0.05) is 31.6 Å². The molecule has 1 heterocycles. The number of rotatable bonds is 9.